The van der Waals surface area contributed by atoms with Crippen LogP contribution in [0.3, 0.4) is 0 Å². The van der Waals surface area contributed by atoms with Crippen molar-refractivity contribution in [2.24, 2.45) is 0 Å². The molecule has 18 heavy (non-hydrogen) atoms. The van der Waals surface area contributed by atoms with Crippen molar-refractivity contribution in [3.8, 4) is 0 Å². The molecule has 0 heterocycles. The summed E-state index contributed by atoms with van der Waals surface area (Å²) in [5.74, 6) is -1.04. The van der Waals surface area contributed by atoms with Gasteiger partial charge in [0.15, 0.2) is 0 Å². The van der Waals surface area contributed by atoms with Crippen LogP contribution in [0.25, 0.3) is 0 Å². The molecule has 0 amide bonds. The van der Waals surface area contributed by atoms with Crippen LogP contribution in [0.1, 0.15) is 77.6 Å². The van der Waals surface area contributed by atoms with E-state index in [2.05, 4.69) is 19.6 Å². The van der Waals surface area contributed by atoms with E-state index in [1.807, 2.05) is 0 Å². The van der Waals surface area contributed by atoms with E-state index in [-0.39, 0.29) is 24.4 Å². The second-order valence-corrected chi connectivity index (χ2v) is 5.43. The number of aliphatic carboxylic acids is 1. The summed E-state index contributed by atoms with van der Waals surface area (Å²) in [5, 5.41) is 9.82. The molecule has 3 radical (unpaired) electrons. The number of rotatable bonds is 12. The first-order valence-corrected chi connectivity index (χ1v) is 7.59. The second kappa shape index (κ2) is 15.7. The van der Waals surface area contributed by atoms with Crippen LogP contribution in [0.5, 0.6) is 0 Å². The molecule has 0 aliphatic heterocycles. The Morgan fingerprint density at radius 1 is 0.944 bits per heavy atom. The minimum Gasteiger partial charge on any atom is -0.549 e. The van der Waals surface area contributed by atoms with E-state index in [1.54, 1.807) is 0 Å². The summed E-state index contributed by atoms with van der Waals surface area (Å²) in [5.41, 5.74) is 0. The predicted octanol–water partition coefficient (Wildman–Crippen LogP) is 2.96. The Morgan fingerprint density at radius 3 is 1.72 bits per heavy atom. The zero-order valence-corrected chi connectivity index (χ0v) is 15.0. The number of hydrogen-bond donors (Lipinski definition) is 1. The second-order valence-electron chi connectivity index (χ2n) is 4.81. The molecule has 1 unspecified atom stereocenters. The van der Waals surface area contributed by atoms with Gasteiger partial charge in [0.05, 0.1) is 5.97 Å². The van der Waals surface area contributed by atoms with Crippen molar-refractivity contribution in [3.63, 3.8) is 0 Å². The monoisotopic (exact) mass is 380 g/mol. The van der Waals surface area contributed by atoms with Crippen LogP contribution >= 0.6 is 12.6 Å². The molecular formula is C14H27O2SSb-. The van der Waals surface area contributed by atoms with E-state index in [0.29, 0.717) is 6.42 Å². The fourth-order valence-corrected chi connectivity index (χ4v) is 2.13. The number of unbranched alkanes of at least 4 members (excludes halogenated alkanes) is 9. The minimum atomic E-state index is -1.04. The van der Waals surface area contributed by atoms with Gasteiger partial charge in [-0.2, -0.15) is 12.6 Å². The van der Waals surface area contributed by atoms with Crippen molar-refractivity contribution in [3.05, 3.63) is 0 Å². The number of carboxylic acid groups (broad SMARTS) is 1. The molecule has 1 atom stereocenters. The standard InChI is InChI=1S/C14H28O2S.Sb/c1-2-3-4-5-6-7-8-9-10-11-12-13(17)14(15)16;/h13,17H,2-12H2,1H3,(H,15,16);/p-1. The first kappa shape index (κ1) is 20.9. The molecule has 2 nitrogen and oxygen atoms in total. The molecule has 0 aromatic carbocycles. The summed E-state index contributed by atoms with van der Waals surface area (Å²) in [4.78, 5) is 10.4. The number of carbonyl (C=O) groups excluding carboxylic acids is 1. The number of hydrogen-bond acceptors (Lipinski definition) is 3. The maximum atomic E-state index is 10.4. The molecule has 0 bridgehead atoms. The molecule has 4 heteroatoms. The van der Waals surface area contributed by atoms with E-state index in [4.69, 9.17) is 0 Å². The molecule has 0 aliphatic carbocycles. The van der Waals surface area contributed by atoms with Gasteiger partial charge in [-0.3, -0.25) is 0 Å². The first-order valence-electron chi connectivity index (χ1n) is 7.07. The zero-order valence-electron chi connectivity index (χ0n) is 11.6. The Kier molecular flexibility index (Phi) is 18.3. The molecule has 0 aromatic heterocycles. The van der Waals surface area contributed by atoms with E-state index in [0.717, 1.165) is 12.8 Å². The van der Waals surface area contributed by atoms with Crippen molar-refractivity contribution < 1.29 is 9.90 Å². The van der Waals surface area contributed by atoms with Crippen LogP contribution in [0.15, 0.2) is 0 Å². The number of carboxylic acids is 1. The molecule has 0 saturated carbocycles. The van der Waals surface area contributed by atoms with Gasteiger partial charge in [0.2, 0.25) is 0 Å². The average molecular weight is 381 g/mol. The van der Waals surface area contributed by atoms with Crippen molar-refractivity contribution in [1.82, 2.24) is 0 Å². The Balaban J connectivity index is 0. The van der Waals surface area contributed by atoms with Gasteiger partial charge in [-0.05, 0) is 6.42 Å². The summed E-state index contributed by atoms with van der Waals surface area (Å²) >= 11 is 3.95. The zero-order chi connectivity index (χ0) is 12.9. The van der Waals surface area contributed by atoms with Crippen molar-refractivity contribution >= 4 is 43.0 Å². The topological polar surface area (TPSA) is 40.1 Å². The van der Waals surface area contributed by atoms with Gasteiger partial charge >= 0.3 is 0 Å². The Morgan fingerprint density at radius 2 is 1.33 bits per heavy atom. The summed E-state index contributed by atoms with van der Waals surface area (Å²) in [6.07, 6.45) is 13.3. The van der Waals surface area contributed by atoms with Crippen LogP contribution in [-0.2, 0) is 4.79 Å². The third kappa shape index (κ3) is 14.7. The van der Waals surface area contributed by atoms with E-state index < -0.39 is 11.2 Å². The van der Waals surface area contributed by atoms with Gasteiger partial charge < -0.3 is 9.90 Å². The number of carbonyl (C=O) groups is 1. The van der Waals surface area contributed by atoms with Crippen molar-refractivity contribution in [1.29, 1.82) is 0 Å². The Bertz CT molecular complexity index is 189. The molecule has 0 rings (SSSR count). The maximum Gasteiger partial charge on any atom is 0.0541 e. The van der Waals surface area contributed by atoms with Crippen LogP contribution in [0.4, 0.5) is 0 Å². The van der Waals surface area contributed by atoms with E-state index in [1.165, 1.54) is 51.4 Å². The van der Waals surface area contributed by atoms with E-state index in [9.17, 15) is 9.90 Å². The quantitative estimate of drug-likeness (QED) is 0.321. The molecule has 0 N–H and O–H groups in total. The molecule has 0 spiro atoms. The van der Waals surface area contributed by atoms with Gasteiger partial charge in [0.1, 0.15) is 0 Å². The summed E-state index contributed by atoms with van der Waals surface area (Å²) in [6.45, 7) is 2.24. The van der Waals surface area contributed by atoms with Gasteiger partial charge in [-0.25, -0.2) is 0 Å². The van der Waals surface area contributed by atoms with Crippen molar-refractivity contribution in [2.75, 3.05) is 0 Å². The normalized spacial score (nSPS) is 11.9. The maximum absolute atomic E-state index is 10.4. The van der Waals surface area contributed by atoms with Crippen LogP contribution in [0.2, 0.25) is 0 Å². The van der Waals surface area contributed by atoms with Gasteiger partial charge in [-0.15, -0.1) is 0 Å². The van der Waals surface area contributed by atoms with Crippen molar-refractivity contribution in [2.45, 2.75) is 82.8 Å². The van der Waals surface area contributed by atoms with E-state index >= 15 is 0 Å². The Hall–Kier alpha value is 0.638. The van der Waals surface area contributed by atoms with Crippen LogP contribution in [0, 0.1) is 0 Å². The molecule has 107 valence electrons. The van der Waals surface area contributed by atoms with Gasteiger partial charge in [-0.1, -0.05) is 71.1 Å². The minimum absolute atomic E-state index is 0. The first-order chi connectivity index (χ1) is 8.18. The molecular weight excluding hydrogens is 354 g/mol. The fraction of sp³-hybridized carbons (Fsp3) is 0.929. The van der Waals surface area contributed by atoms with Gasteiger partial charge in [0.25, 0.3) is 0 Å². The summed E-state index contributed by atoms with van der Waals surface area (Å²) in [6, 6.07) is 0. The predicted molar refractivity (Wildman–Crippen MR) is 80.0 cm³/mol. The SMILES string of the molecule is CCCCCCCCCCCCC(S)C(=O)[O-].[Sb]. The van der Waals surface area contributed by atoms with Crippen LogP contribution in [-0.4, -0.2) is 35.6 Å². The third-order valence-corrected chi connectivity index (χ3v) is 3.57. The molecule has 0 fully saturated rings. The fourth-order valence-electron chi connectivity index (χ4n) is 1.94. The smallest absolute Gasteiger partial charge is 0.0541 e. The third-order valence-electron chi connectivity index (χ3n) is 3.10. The van der Waals surface area contributed by atoms with Crippen LogP contribution < -0.4 is 5.11 Å². The molecule has 0 saturated heterocycles. The average Bonchev–Trinajstić information content (AvgIpc) is 2.31. The number of thiol groups is 1. The largest absolute Gasteiger partial charge is 0.549 e. The summed E-state index contributed by atoms with van der Waals surface area (Å²) in [7, 11) is 0. The Labute approximate surface area is 135 Å². The van der Waals surface area contributed by atoms with Gasteiger partial charge in [0, 0.05) is 29.7 Å². The molecule has 0 aromatic rings. The summed E-state index contributed by atoms with van der Waals surface area (Å²) < 4.78 is 0. The molecule has 0 aliphatic rings.